The molecule has 6 nitrogen and oxygen atoms in total. The van der Waals surface area contributed by atoms with E-state index in [1.165, 1.54) is 6.07 Å². The van der Waals surface area contributed by atoms with Crippen molar-refractivity contribution in [3.05, 3.63) is 69.6 Å². The summed E-state index contributed by atoms with van der Waals surface area (Å²) in [7, 11) is 0. The molecule has 0 amide bonds. The molecule has 0 aliphatic carbocycles. The van der Waals surface area contributed by atoms with E-state index in [-0.39, 0.29) is 13.2 Å². The number of fused-ring (bicyclic) bond motifs is 2. The maximum Gasteiger partial charge on any atom is 0.351 e. The minimum absolute atomic E-state index is 0.0525. The summed E-state index contributed by atoms with van der Waals surface area (Å²) in [5, 5.41) is 0.762. The fourth-order valence-corrected chi connectivity index (χ4v) is 3.51. The number of ether oxygens (including phenoxy) is 3. The molecule has 0 saturated heterocycles. The molecule has 0 N–H and O–H groups in total. The van der Waals surface area contributed by atoms with Crippen molar-refractivity contribution in [2.45, 2.75) is 39.4 Å². The van der Waals surface area contributed by atoms with E-state index < -0.39 is 17.7 Å². The molecule has 1 atom stereocenters. The van der Waals surface area contributed by atoms with E-state index in [1.807, 2.05) is 25.1 Å². The Morgan fingerprint density at radius 1 is 1.17 bits per heavy atom. The number of carbonyl (C=O) groups excluding carboxylic acids is 1. The van der Waals surface area contributed by atoms with Crippen molar-refractivity contribution in [1.29, 1.82) is 0 Å². The Bertz CT molecular complexity index is 1130. The molecule has 2 aromatic carbocycles. The van der Waals surface area contributed by atoms with Crippen LogP contribution in [0.3, 0.4) is 0 Å². The summed E-state index contributed by atoms with van der Waals surface area (Å²) in [4.78, 5) is 24.5. The van der Waals surface area contributed by atoms with Gasteiger partial charge in [-0.05, 0) is 48.2 Å². The molecule has 1 aliphatic heterocycles. The van der Waals surface area contributed by atoms with Gasteiger partial charge >= 0.3 is 11.6 Å². The number of esters is 1. The van der Waals surface area contributed by atoms with E-state index in [4.69, 9.17) is 18.6 Å². The molecule has 150 valence electrons. The van der Waals surface area contributed by atoms with Crippen LogP contribution in [-0.2, 0) is 16.1 Å². The van der Waals surface area contributed by atoms with Gasteiger partial charge in [-0.1, -0.05) is 26.0 Å². The smallest absolute Gasteiger partial charge is 0.351 e. The van der Waals surface area contributed by atoms with Crippen LogP contribution in [0.1, 0.15) is 36.5 Å². The summed E-state index contributed by atoms with van der Waals surface area (Å²) in [5.41, 5.74) is 2.81. The average Bonchev–Trinajstić information content (AvgIpc) is 2.70. The quantitative estimate of drug-likeness (QED) is 0.490. The number of rotatable bonds is 4. The molecular weight excluding hydrogens is 372 g/mol. The molecular formula is C23H22O6. The average molecular weight is 394 g/mol. The molecule has 4 rings (SSSR count). The SMILES string of the molecule is Cc1cc2oc(=O)cc(COC(=O)C3COc4ccccc4O3)c2cc1C(C)C. The first-order valence-corrected chi connectivity index (χ1v) is 9.55. The number of carbonyl (C=O) groups is 1. The Kier molecular flexibility index (Phi) is 5.01. The van der Waals surface area contributed by atoms with Gasteiger partial charge < -0.3 is 18.6 Å². The third-order valence-corrected chi connectivity index (χ3v) is 4.98. The van der Waals surface area contributed by atoms with Crippen molar-refractivity contribution in [3.63, 3.8) is 0 Å². The van der Waals surface area contributed by atoms with E-state index in [2.05, 4.69) is 13.8 Å². The van der Waals surface area contributed by atoms with Gasteiger partial charge in [-0.15, -0.1) is 0 Å². The summed E-state index contributed by atoms with van der Waals surface area (Å²) in [6, 6.07) is 12.4. The molecule has 0 saturated carbocycles. The molecule has 29 heavy (non-hydrogen) atoms. The zero-order chi connectivity index (χ0) is 20.5. The summed E-state index contributed by atoms with van der Waals surface area (Å²) < 4.78 is 22.0. The highest BCUT2D eigenvalue weighted by atomic mass is 16.6. The second-order valence-corrected chi connectivity index (χ2v) is 7.42. The maximum absolute atomic E-state index is 12.5. The number of hydrogen-bond acceptors (Lipinski definition) is 6. The summed E-state index contributed by atoms with van der Waals surface area (Å²) >= 11 is 0. The summed E-state index contributed by atoms with van der Waals surface area (Å²) in [6.45, 7) is 6.21. The highest BCUT2D eigenvalue weighted by Crippen LogP contribution is 2.31. The third kappa shape index (κ3) is 3.83. The van der Waals surface area contributed by atoms with E-state index in [0.717, 1.165) is 16.5 Å². The first-order chi connectivity index (χ1) is 13.9. The van der Waals surface area contributed by atoms with Gasteiger partial charge in [0.1, 0.15) is 18.8 Å². The Morgan fingerprint density at radius 3 is 2.69 bits per heavy atom. The van der Waals surface area contributed by atoms with Gasteiger partial charge in [0.05, 0.1) is 0 Å². The van der Waals surface area contributed by atoms with E-state index in [1.54, 1.807) is 18.2 Å². The zero-order valence-electron chi connectivity index (χ0n) is 16.6. The van der Waals surface area contributed by atoms with Crippen LogP contribution in [0.25, 0.3) is 11.0 Å². The highest BCUT2D eigenvalue weighted by molar-refractivity contribution is 5.82. The lowest BCUT2D eigenvalue weighted by molar-refractivity contribution is -0.155. The van der Waals surface area contributed by atoms with Gasteiger partial charge in [0.2, 0.25) is 6.10 Å². The lowest BCUT2D eigenvalue weighted by Crippen LogP contribution is -2.37. The lowest BCUT2D eigenvalue weighted by Gasteiger charge is -2.25. The summed E-state index contributed by atoms with van der Waals surface area (Å²) in [6.07, 6.45) is -0.857. The minimum Gasteiger partial charge on any atom is -0.485 e. The number of benzene rings is 2. The minimum atomic E-state index is -0.857. The van der Waals surface area contributed by atoms with Crippen molar-refractivity contribution in [2.75, 3.05) is 6.61 Å². The fourth-order valence-electron chi connectivity index (χ4n) is 3.51. The van der Waals surface area contributed by atoms with Crippen LogP contribution >= 0.6 is 0 Å². The van der Waals surface area contributed by atoms with Gasteiger partial charge in [0, 0.05) is 17.0 Å². The molecule has 0 spiro atoms. The Balaban J connectivity index is 1.56. The van der Waals surface area contributed by atoms with Crippen LogP contribution in [0, 0.1) is 6.92 Å². The molecule has 6 heteroatoms. The maximum atomic E-state index is 12.5. The van der Waals surface area contributed by atoms with Crippen LogP contribution in [0.2, 0.25) is 0 Å². The number of hydrogen-bond donors (Lipinski definition) is 0. The monoisotopic (exact) mass is 394 g/mol. The third-order valence-electron chi connectivity index (χ3n) is 4.98. The predicted octanol–water partition coefficient (Wildman–Crippen LogP) is 4.11. The van der Waals surface area contributed by atoms with Crippen molar-refractivity contribution in [2.24, 2.45) is 0 Å². The molecule has 1 aromatic heterocycles. The Labute approximate surface area is 168 Å². The van der Waals surface area contributed by atoms with Gasteiger partial charge in [-0.3, -0.25) is 0 Å². The Morgan fingerprint density at radius 2 is 1.93 bits per heavy atom. The van der Waals surface area contributed by atoms with Crippen LogP contribution in [0.4, 0.5) is 0 Å². The van der Waals surface area contributed by atoms with Crippen LogP contribution in [0.5, 0.6) is 11.5 Å². The molecule has 0 radical (unpaired) electrons. The molecule has 3 aromatic rings. The van der Waals surface area contributed by atoms with Gasteiger partial charge in [0.25, 0.3) is 0 Å². The van der Waals surface area contributed by atoms with Crippen molar-refractivity contribution in [3.8, 4) is 11.5 Å². The lowest BCUT2D eigenvalue weighted by atomic mass is 9.95. The first-order valence-electron chi connectivity index (χ1n) is 9.55. The van der Waals surface area contributed by atoms with Crippen molar-refractivity contribution >= 4 is 16.9 Å². The van der Waals surface area contributed by atoms with E-state index in [0.29, 0.717) is 28.6 Å². The largest absolute Gasteiger partial charge is 0.485 e. The number of aryl methyl sites for hydroxylation is 1. The fraction of sp³-hybridized carbons (Fsp3) is 0.304. The summed E-state index contributed by atoms with van der Waals surface area (Å²) in [5.74, 6) is 0.870. The molecule has 2 heterocycles. The van der Waals surface area contributed by atoms with Crippen molar-refractivity contribution in [1.82, 2.24) is 0 Å². The van der Waals surface area contributed by atoms with Gasteiger partial charge in [-0.2, -0.15) is 0 Å². The van der Waals surface area contributed by atoms with Crippen molar-refractivity contribution < 1.29 is 23.4 Å². The second kappa shape index (κ2) is 7.62. The van der Waals surface area contributed by atoms with E-state index in [9.17, 15) is 9.59 Å². The standard InChI is InChI=1S/C23H22O6/c1-13(2)16-10-17-15(9-22(24)29-20(17)8-14(16)3)11-27-23(25)21-12-26-18-6-4-5-7-19(18)28-21/h4-10,13,21H,11-12H2,1-3H3. The van der Waals surface area contributed by atoms with Gasteiger partial charge in [-0.25, -0.2) is 9.59 Å². The molecule has 0 bridgehead atoms. The molecule has 1 aliphatic rings. The second-order valence-electron chi connectivity index (χ2n) is 7.42. The van der Waals surface area contributed by atoms with Crippen LogP contribution in [0.15, 0.2) is 51.7 Å². The zero-order valence-corrected chi connectivity index (χ0v) is 16.6. The van der Waals surface area contributed by atoms with Crippen LogP contribution in [-0.4, -0.2) is 18.7 Å². The highest BCUT2D eigenvalue weighted by Gasteiger charge is 2.29. The number of para-hydroxylation sites is 2. The van der Waals surface area contributed by atoms with Crippen LogP contribution < -0.4 is 15.1 Å². The predicted molar refractivity (Wildman–Crippen MR) is 107 cm³/mol. The Hall–Kier alpha value is -3.28. The molecule has 0 fully saturated rings. The molecule has 1 unspecified atom stereocenters. The normalized spacial score (nSPS) is 15.5. The van der Waals surface area contributed by atoms with E-state index >= 15 is 0 Å². The topological polar surface area (TPSA) is 75.0 Å². The van der Waals surface area contributed by atoms with Gasteiger partial charge in [0.15, 0.2) is 11.5 Å². The first kappa shape index (κ1) is 19.1.